The zero-order valence-electron chi connectivity index (χ0n) is 10.2. The van der Waals surface area contributed by atoms with Gasteiger partial charge in [-0.1, -0.05) is 19.1 Å². The molecule has 1 aromatic rings. The van der Waals surface area contributed by atoms with Crippen molar-refractivity contribution in [1.82, 2.24) is 5.32 Å². The Hall–Kier alpha value is -1.42. The summed E-state index contributed by atoms with van der Waals surface area (Å²) in [6.07, 6.45) is 2.47. The van der Waals surface area contributed by atoms with Gasteiger partial charge in [0.1, 0.15) is 0 Å². The third kappa shape index (κ3) is 2.82. The Bertz CT molecular complexity index is 396. The SMILES string of the molecule is CC1CC(NC(C)c2ccc([N+](=O)[O-])cc2)C1. The van der Waals surface area contributed by atoms with Crippen LogP contribution in [0.3, 0.4) is 0 Å². The number of nitro groups is 1. The fraction of sp³-hybridized carbons (Fsp3) is 0.538. The lowest BCUT2D eigenvalue weighted by molar-refractivity contribution is -0.384. The summed E-state index contributed by atoms with van der Waals surface area (Å²) in [4.78, 5) is 10.2. The Morgan fingerprint density at radius 3 is 2.41 bits per heavy atom. The molecule has 1 aromatic carbocycles. The topological polar surface area (TPSA) is 55.2 Å². The number of non-ortho nitro benzene ring substituents is 1. The fourth-order valence-corrected chi connectivity index (χ4v) is 2.37. The first kappa shape index (κ1) is 12.0. The van der Waals surface area contributed by atoms with E-state index < -0.39 is 0 Å². The van der Waals surface area contributed by atoms with Crippen LogP contribution in [0.1, 0.15) is 38.3 Å². The van der Waals surface area contributed by atoms with Crippen LogP contribution < -0.4 is 5.32 Å². The Kier molecular flexibility index (Phi) is 3.43. The Labute approximate surface area is 101 Å². The van der Waals surface area contributed by atoms with E-state index in [1.54, 1.807) is 12.1 Å². The maximum atomic E-state index is 10.5. The zero-order chi connectivity index (χ0) is 12.4. The van der Waals surface area contributed by atoms with Crippen LogP contribution in [0.2, 0.25) is 0 Å². The molecular weight excluding hydrogens is 216 g/mol. The van der Waals surface area contributed by atoms with E-state index in [1.165, 1.54) is 12.8 Å². The number of rotatable bonds is 4. The van der Waals surface area contributed by atoms with Crippen molar-refractivity contribution in [2.45, 2.75) is 38.8 Å². The lowest BCUT2D eigenvalue weighted by Crippen LogP contribution is -2.41. The molecule has 1 atom stereocenters. The molecule has 92 valence electrons. The summed E-state index contributed by atoms with van der Waals surface area (Å²) in [6.45, 7) is 4.36. The maximum Gasteiger partial charge on any atom is 0.269 e. The molecule has 0 aliphatic heterocycles. The van der Waals surface area contributed by atoms with Gasteiger partial charge in [-0.15, -0.1) is 0 Å². The molecule has 0 radical (unpaired) electrons. The normalized spacial score (nSPS) is 25.1. The molecule has 0 saturated heterocycles. The smallest absolute Gasteiger partial charge is 0.269 e. The van der Waals surface area contributed by atoms with Crippen molar-refractivity contribution in [3.63, 3.8) is 0 Å². The second-order valence-corrected chi connectivity index (χ2v) is 5.01. The number of nitrogens with one attached hydrogen (secondary N) is 1. The molecule has 0 aromatic heterocycles. The Morgan fingerprint density at radius 2 is 1.94 bits per heavy atom. The second kappa shape index (κ2) is 4.84. The van der Waals surface area contributed by atoms with Crippen LogP contribution in [0, 0.1) is 16.0 Å². The molecule has 0 bridgehead atoms. The van der Waals surface area contributed by atoms with Gasteiger partial charge >= 0.3 is 0 Å². The monoisotopic (exact) mass is 234 g/mol. The van der Waals surface area contributed by atoms with E-state index in [-0.39, 0.29) is 16.7 Å². The highest BCUT2D eigenvalue weighted by atomic mass is 16.6. The van der Waals surface area contributed by atoms with Gasteiger partial charge in [0, 0.05) is 24.2 Å². The number of hydrogen-bond acceptors (Lipinski definition) is 3. The molecule has 4 heteroatoms. The van der Waals surface area contributed by atoms with Crippen molar-refractivity contribution < 1.29 is 4.92 Å². The lowest BCUT2D eigenvalue weighted by Gasteiger charge is -2.35. The van der Waals surface area contributed by atoms with Gasteiger partial charge in [-0.2, -0.15) is 0 Å². The van der Waals surface area contributed by atoms with Gasteiger partial charge in [-0.3, -0.25) is 10.1 Å². The van der Waals surface area contributed by atoms with Gasteiger partial charge in [0.15, 0.2) is 0 Å². The molecule has 17 heavy (non-hydrogen) atoms. The number of hydrogen-bond donors (Lipinski definition) is 1. The Morgan fingerprint density at radius 1 is 1.35 bits per heavy atom. The molecule has 4 nitrogen and oxygen atoms in total. The highest BCUT2D eigenvalue weighted by molar-refractivity contribution is 5.34. The van der Waals surface area contributed by atoms with Crippen LogP contribution in [0.5, 0.6) is 0 Å². The van der Waals surface area contributed by atoms with Gasteiger partial charge in [-0.25, -0.2) is 0 Å². The summed E-state index contributed by atoms with van der Waals surface area (Å²) < 4.78 is 0. The average molecular weight is 234 g/mol. The van der Waals surface area contributed by atoms with Crippen molar-refractivity contribution in [1.29, 1.82) is 0 Å². The first-order valence-electron chi connectivity index (χ1n) is 6.06. The molecule has 1 unspecified atom stereocenters. The minimum atomic E-state index is -0.366. The van der Waals surface area contributed by atoms with E-state index in [2.05, 4.69) is 19.2 Å². The fourth-order valence-electron chi connectivity index (χ4n) is 2.37. The number of nitro benzene ring substituents is 1. The van der Waals surface area contributed by atoms with Crippen LogP contribution in [-0.2, 0) is 0 Å². The Balaban J connectivity index is 1.94. The first-order valence-corrected chi connectivity index (χ1v) is 6.06. The summed E-state index contributed by atoms with van der Waals surface area (Å²) in [5.41, 5.74) is 1.26. The first-order chi connectivity index (χ1) is 8.06. The minimum absolute atomic E-state index is 0.151. The third-order valence-corrected chi connectivity index (χ3v) is 3.46. The predicted molar refractivity (Wildman–Crippen MR) is 66.8 cm³/mol. The second-order valence-electron chi connectivity index (χ2n) is 5.01. The number of nitrogens with zero attached hydrogens (tertiary/aromatic N) is 1. The molecule has 1 fully saturated rings. The summed E-state index contributed by atoms with van der Waals surface area (Å²) in [7, 11) is 0. The average Bonchev–Trinajstić information content (AvgIpc) is 2.27. The molecule has 0 amide bonds. The number of benzene rings is 1. The molecule has 1 aliphatic carbocycles. The molecule has 2 rings (SSSR count). The zero-order valence-corrected chi connectivity index (χ0v) is 10.2. The van der Waals surface area contributed by atoms with Crippen molar-refractivity contribution in [3.8, 4) is 0 Å². The summed E-state index contributed by atoms with van der Waals surface area (Å²) in [5, 5.41) is 14.1. The molecule has 1 aliphatic rings. The van der Waals surface area contributed by atoms with Gasteiger partial charge < -0.3 is 5.32 Å². The van der Waals surface area contributed by atoms with Crippen LogP contribution in [0.4, 0.5) is 5.69 Å². The van der Waals surface area contributed by atoms with Crippen LogP contribution in [0.25, 0.3) is 0 Å². The summed E-state index contributed by atoms with van der Waals surface area (Å²) in [6, 6.07) is 7.66. The van der Waals surface area contributed by atoms with Gasteiger partial charge in [0.25, 0.3) is 5.69 Å². The van der Waals surface area contributed by atoms with Gasteiger partial charge in [0.2, 0.25) is 0 Å². The summed E-state index contributed by atoms with van der Waals surface area (Å²) in [5.74, 6) is 0.830. The molecule has 1 saturated carbocycles. The minimum Gasteiger partial charge on any atom is -0.307 e. The summed E-state index contributed by atoms with van der Waals surface area (Å²) >= 11 is 0. The largest absolute Gasteiger partial charge is 0.307 e. The van der Waals surface area contributed by atoms with Crippen LogP contribution >= 0.6 is 0 Å². The molecule has 1 N–H and O–H groups in total. The van der Waals surface area contributed by atoms with E-state index in [0.717, 1.165) is 11.5 Å². The maximum absolute atomic E-state index is 10.5. The third-order valence-electron chi connectivity index (χ3n) is 3.46. The molecule has 0 spiro atoms. The van der Waals surface area contributed by atoms with Crippen LogP contribution in [-0.4, -0.2) is 11.0 Å². The van der Waals surface area contributed by atoms with Crippen LogP contribution in [0.15, 0.2) is 24.3 Å². The quantitative estimate of drug-likeness (QED) is 0.643. The molecule has 0 heterocycles. The van der Waals surface area contributed by atoms with Crippen molar-refractivity contribution in [3.05, 3.63) is 39.9 Å². The van der Waals surface area contributed by atoms with Crippen molar-refractivity contribution in [2.24, 2.45) is 5.92 Å². The van der Waals surface area contributed by atoms with Gasteiger partial charge in [-0.05, 0) is 31.2 Å². The van der Waals surface area contributed by atoms with Crippen molar-refractivity contribution >= 4 is 5.69 Å². The van der Waals surface area contributed by atoms with E-state index in [0.29, 0.717) is 6.04 Å². The van der Waals surface area contributed by atoms with E-state index >= 15 is 0 Å². The highest BCUT2D eigenvalue weighted by Gasteiger charge is 2.26. The highest BCUT2D eigenvalue weighted by Crippen LogP contribution is 2.29. The standard InChI is InChI=1S/C13H18N2O2/c1-9-7-12(8-9)14-10(2)11-3-5-13(6-4-11)15(16)17/h3-6,9-10,12,14H,7-8H2,1-2H3. The van der Waals surface area contributed by atoms with E-state index in [1.807, 2.05) is 12.1 Å². The van der Waals surface area contributed by atoms with E-state index in [9.17, 15) is 10.1 Å². The molecular formula is C13H18N2O2. The van der Waals surface area contributed by atoms with Gasteiger partial charge in [0.05, 0.1) is 4.92 Å². The van der Waals surface area contributed by atoms with E-state index in [4.69, 9.17) is 0 Å². The lowest BCUT2D eigenvalue weighted by atomic mass is 9.81. The van der Waals surface area contributed by atoms with Crippen molar-refractivity contribution in [2.75, 3.05) is 0 Å². The predicted octanol–water partition coefficient (Wildman–Crippen LogP) is 3.04.